The van der Waals surface area contributed by atoms with Crippen molar-refractivity contribution in [3.63, 3.8) is 0 Å². The van der Waals surface area contributed by atoms with Crippen LogP contribution >= 0.6 is 22.9 Å². The monoisotopic (exact) mass is 480 g/mol. The van der Waals surface area contributed by atoms with Gasteiger partial charge in [0.05, 0.1) is 10.0 Å². The fraction of sp³-hybridized carbons (Fsp3) is 0.391. The predicted octanol–water partition coefficient (Wildman–Crippen LogP) is 5.83. The molecule has 0 N–H and O–H groups in total. The van der Waals surface area contributed by atoms with Gasteiger partial charge >= 0.3 is 0 Å². The third-order valence-electron chi connectivity index (χ3n) is 6.40. The number of hydrogen-bond donors (Lipinski definition) is 0. The molecule has 0 bridgehead atoms. The molecule has 1 spiro atoms. The number of para-hydroxylation sites is 1. The van der Waals surface area contributed by atoms with Crippen molar-refractivity contribution in [2.24, 2.45) is 0 Å². The third kappa shape index (κ3) is 3.67. The Kier molecular flexibility index (Phi) is 5.40. The van der Waals surface area contributed by atoms with Gasteiger partial charge in [0, 0.05) is 41.8 Å². The van der Waals surface area contributed by atoms with Crippen LogP contribution in [0.3, 0.4) is 0 Å². The van der Waals surface area contributed by atoms with Crippen LogP contribution in [-0.4, -0.2) is 34.4 Å². The number of piperidine rings is 1. The summed E-state index contributed by atoms with van der Waals surface area (Å²) in [6.07, 6.45) is 3.05. The number of rotatable bonds is 3. The van der Waals surface area contributed by atoms with Crippen LogP contribution < -0.4 is 0 Å². The maximum Gasteiger partial charge on any atom is 0.297 e. The molecule has 0 unspecified atom stereocenters. The van der Waals surface area contributed by atoms with Crippen LogP contribution in [0.1, 0.15) is 40.1 Å². The number of thiophene rings is 1. The summed E-state index contributed by atoms with van der Waals surface area (Å²) in [6.45, 7) is 7.19. The zero-order valence-electron chi connectivity index (χ0n) is 17.5. The minimum absolute atomic E-state index is 0.0122. The zero-order valence-corrected chi connectivity index (χ0v) is 19.1. The first-order valence-electron chi connectivity index (χ1n) is 10.4. The Labute approximate surface area is 193 Å². The lowest BCUT2D eigenvalue weighted by Crippen LogP contribution is -2.48. The zero-order chi connectivity index (χ0) is 22.7. The average Bonchev–Trinajstić information content (AvgIpc) is 3.31. The molecule has 5 rings (SSSR count). The Balaban J connectivity index is 1.33. The molecule has 4 heterocycles. The van der Waals surface area contributed by atoms with Gasteiger partial charge in [0.1, 0.15) is 23.7 Å². The Morgan fingerprint density at radius 1 is 1.28 bits per heavy atom. The smallest absolute Gasteiger partial charge is 0.297 e. The molecule has 1 fully saturated rings. The van der Waals surface area contributed by atoms with Crippen molar-refractivity contribution >= 4 is 22.9 Å². The molecule has 1 radical (unpaired) electrons. The Morgan fingerprint density at radius 2 is 2.03 bits per heavy atom. The minimum Gasteiger partial charge on any atom is -0.363 e. The summed E-state index contributed by atoms with van der Waals surface area (Å²) in [7, 11) is 0. The van der Waals surface area contributed by atoms with Gasteiger partial charge in [-0.15, -0.1) is 11.3 Å². The van der Waals surface area contributed by atoms with Gasteiger partial charge in [-0.05, 0) is 44.4 Å². The topological polar surface area (TPSA) is 30.3 Å². The highest BCUT2D eigenvalue weighted by Gasteiger charge is 2.51. The first-order valence-corrected chi connectivity index (χ1v) is 11.6. The second-order valence-corrected chi connectivity index (χ2v) is 10.2. The van der Waals surface area contributed by atoms with E-state index in [2.05, 4.69) is 16.9 Å². The molecule has 0 amide bonds. The van der Waals surface area contributed by atoms with E-state index in [1.165, 1.54) is 23.5 Å². The van der Waals surface area contributed by atoms with Crippen molar-refractivity contribution in [2.75, 3.05) is 19.7 Å². The molecule has 169 valence electrons. The molecule has 1 saturated heterocycles. The van der Waals surface area contributed by atoms with Crippen LogP contribution in [0, 0.1) is 19.7 Å². The average molecular weight is 481 g/mol. The van der Waals surface area contributed by atoms with Gasteiger partial charge in [0.2, 0.25) is 0 Å². The van der Waals surface area contributed by atoms with Crippen molar-refractivity contribution in [1.82, 2.24) is 14.7 Å². The highest BCUT2D eigenvalue weighted by atomic mass is 35.5. The van der Waals surface area contributed by atoms with Crippen molar-refractivity contribution in [2.45, 2.75) is 37.8 Å². The molecule has 0 aliphatic carbocycles. The number of fused-ring (bicyclic) bond motifs is 2. The normalized spacial score (nSPS) is 19.9. The predicted molar refractivity (Wildman–Crippen MR) is 118 cm³/mol. The van der Waals surface area contributed by atoms with Gasteiger partial charge in [-0.3, -0.25) is 4.90 Å². The van der Waals surface area contributed by atoms with Crippen LogP contribution in [0.2, 0.25) is 4.34 Å². The number of likely N-dealkylation sites (tertiary alicyclic amines) is 1. The van der Waals surface area contributed by atoms with Gasteiger partial charge < -0.3 is 4.74 Å². The van der Waals surface area contributed by atoms with E-state index in [1.54, 1.807) is 16.8 Å². The fourth-order valence-corrected chi connectivity index (χ4v) is 6.09. The summed E-state index contributed by atoms with van der Waals surface area (Å²) in [5.41, 5.74) is 2.01. The molecule has 32 heavy (non-hydrogen) atoms. The fourth-order valence-electron chi connectivity index (χ4n) is 4.61. The first-order chi connectivity index (χ1) is 15.2. The summed E-state index contributed by atoms with van der Waals surface area (Å²) >= 11 is 7.28. The van der Waals surface area contributed by atoms with Crippen LogP contribution in [0.15, 0.2) is 30.5 Å². The maximum absolute atomic E-state index is 14.3. The molecular weight excluding hydrogens is 459 g/mol. The number of ether oxygens (including phenoxy) is 1. The van der Waals surface area contributed by atoms with Gasteiger partial charge in [-0.2, -0.15) is 13.9 Å². The molecule has 0 atom stereocenters. The summed E-state index contributed by atoms with van der Waals surface area (Å²) in [5.74, 6) is -3.38. The Morgan fingerprint density at radius 3 is 2.75 bits per heavy atom. The highest BCUT2D eigenvalue weighted by molar-refractivity contribution is 7.16. The van der Waals surface area contributed by atoms with E-state index in [-0.39, 0.29) is 11.4 Å². The van der Waals surface area contributed by atoms with Crippen molar-refractivity contribution in [1.29, 1.82) is 0 Å². The van der Waals surface area contributed by atoms with Crippen LogP contribution in [0.5, 0.6) is 0 Å². The van der Waals surface area contributed by atoms with Crippen LogP contribution in [-0.2, 0) is 22.8 Å². The number of aryl methyl sites for hydroxylation is 1. The number of benzene rings is 1. The number of nitrogens with zero attached hydrogens (tertiary/aromatic N) is 3. The van der Waals surface area contributed by atoms with E-state index in [4.69, 9.17) is 16.3 Å². The molecule has 1 aromatic carbocycles. The summed E-state index contributed by atoms with van der Waals surface area (Å²) in [6, 6.07) is 6.15. The third-order valence-corrected chi connectivity index (χ3v) is 7.85. The maximum atomic E-state index is 14.3. The van der Waals surface area contributed by atoms with E-state index in [0.717, 1.165) is 11.3 Å². The summed E-state index contributed by atoms with van der Waals surface area (Å²) in [5, 5.41) is 4.49. The summed E-state index contributed by atoms with van der Waals surface area (Å²) in [4.78, 5) is 2.81. The molecule has 9 heteroatoms. The Hall–Kier alpha value is -1.87. The van der Waals surface area contributed by atoms with Gasteiger partial charge in [-0.1, -0.05) is 23.7 Å². The lowest BCUT2D eigenvalue weighted by atomic mass is 9.84. The van der Waals surface area contributed by atoms with Crippen LogP contribution in [0.25, 0.3) is 5.69 Å². The number of halogens is 4. The second-order valence-electron chi connectivity index (χ2n) is 8.49. The van der Waals surface area contributed by atoms with E-state index in [1.807, 2.05) is 13.1 Å². The molecule has 0 saturated carbocycles. The number of hydrogen-bond acceptors (Lipinski definition) is 4. The SMILES string of the molecule is [CH2]c1cccc(F)c1-n1cc(CN2CCC3(CC2)OCC(F)(F)c2cc(Cl)sc23)c(C)n1. The lowest BCUT2D eigenvalue weighted by Gasteiger charge is -2.45. The van der Waals surface area contributed by atoms with Crippen molar-refractivity contribution in [3.8, 4) is 5.69 Å². The molecule has 4 nitrogen and oxygen atoms in total. The quantitative estimate of drug-likeness (QED) is 0.472. The minimum atomic E-state index is -3.01. The first kappa shape index (κ1) is 21.9. The largest absolute Gasteiger partial charge is 0.363 e. The number of alkyl halides is 2. The number of aromatic nitrogens is 2. The molecule has 2 aromatic heterocycles. The molecule has 3 aromatic rings. The summed E-state index contributed by atoms with van der Waals surface area (Å²) < 4.78 is 50.7. The molecule has 2 aliphatic heterocycles. The van der Waals surface area contributed by atoms with Gasteiger partial charge in [0.15, 0.2) is 0 Å². The van der Waals surface area contributed by atoms with Crippen molar-refractivity contribution in [3.05, 3.63) is 74.8 Å². The molecular formula is C23H22ClF3N3OS. The molecule has 2 aliphatic rings. The lowest BCUT2D eigenvalue weighted by molar-refractivity contribution is -0.182. The van der Waals surface area contributed by atoms with Gasteiger partial charge in [0.25, 0.3) is 5.92 Å². The van der Waals surface area contributed by atoms with E-state index in [9.17, 15) is 13.2 Å². The highest BCUT2D eigenvalue weighted by Crippen LogP contribution is 2.52. The van der Waals surface area contributed by atoms with Crippen molar-refractivity contribution < 1.29 is 17.9 Å². The van der Waals surface area contributed by atoms with Gasteiger partial charge in [-0.25, -0.2) is 9.07 Å². The van der Waals surface area contributed by atoms with E-state index in [0.29, 0.717) is 52.9 Å². The second kappa shape index (κ2) is 7.87. The van der Waals surface area contributed by atoms with E-state index < -0.39 is 18.1 Å². The Bertz CT molecular complexity index is 1150. The van der Waals surface area contributed by atoms with Crippen LogP contribution in [0.4, 0.5) is 13.2 Å². The standard InChI is InChI=1S/C23H22ClF3N3OS/c1-14-4-3-5-18(25)20(14)30-12-16(15(2)28-30)11-29-8-6-22(7-9-29)21-17(10-19(24)32-21)23(26,27)13-31-22/h3-5,10,12H,1,6-9,11,13H2,2H3. The van der Waals surface area contributed by atoms with E-state index >= 15 is 0 Å².